The molecule has 3 heteroatoms. The molecule has 0 radical (unpaired) electrons. The Balaban J connectivity index is 1.81. The summed E-state index contributed by atoms with van der Waals surface area (Å²) in [5, 5.41) is 4.72. The molecule has 0 bridgehead atoms. The highest BCUT2D eigenvalue weighted by molar-refractivity contribution is 8.14. The average Bonchev–Trinajstić information content (AvgIpc) is 2.46. The molecule has 1 aliphatic heterocycles. The minimum atomic E-state index is 0.295. The lowest BCUT2D eigenvalue weighted by Crippen LogP contribution is -2.39. The van der Waals surface area contributed by atoms with Gasteiger partial charge in [0.2, 0.25) is 0 Å². The van der Waals surface area contributed by atoms with Crippen LogP contribution in [0.1, 0.15) is 39.5 Å². The van der Waals surface area contributed by atoms with E-state index < -0.39 is 0 Å². The summed E-state index contributed by atoms with van der Waals surface area (Å²) in [6.07, 6.45) is 5.39. The Kier molecular flexibility index (Phi) is 3.05. The summed E-state index contributed by atoms with van der Waals surface area (Å²) in [5.41, 5.74) is 0.295. The molecule has 1 unspecified atom stereocenters. The molecule has 2 aliphatic rings. The van der Waals surface area contributed by atoms with Gasteiger partial charge in [-0.25, -0.2) is 0 Å². The second kappa shape index (κ2) is 4.13. The van der Waals surface area contributed by atoms with Gasteiger partial charge in [0.05, 0.1) is 0 Å². The highest BCUT2D eigenvalue weighted by Gasteiger charge is 2.30. The van der Waals surface area contributed by atoms with Gasteiger partial charge >= 0.3 is 0 Å². The molecule has 0 amide bonds. The summed E-state index contributed by atoms with van der Waals surface area (Å²) >= 11 is 1.89. The molecule has 2 nitrogen and oxygen atoms in total. The van der Waals surface area contributed by atoms with Crippen molar-refractivity contribution in [2.75, 3.05) is 12.3 Å². The zero-order valence-corrected chi connectivity index (χ0v) is 9.99. The largest absolute Gasteiger partial charge is 0.359 e. The highest BCUT2D eigenvalue weighted by atomic mass is 32.2. The van der Waals surface area contributed by atoms with Gasteiger partial charge in [0.25, 0.3) is 0 Å². The van der Waals surface area contributed by atoms with Gasteiger partial charge in [0.15, 0.2) is 5.17 Å². The molecule has 2 rings (SSSR count). The summed E-state index contributed by atoms with van der Waals surface area (Å²) in [5.74, 6) is 2.06. The molecule has 1 N–H and O–H groups in total. The highest BCUT2D eigenvalue weighted by Crippen LogP contribution is 2.28. The average molecular weight is 212 g/mol. The molecule has 0 aromatic heterocycles. The Morgan fingerprint density at radius 2 is 2.36 bits per heavy atom. The monoisotopic (exact) mass is 212 g/mol. The number of amidine groups is 1. The van der Waals surface area contributed by atoms with E-state index in [-0.39, 0.29) is 0 Å². The zero-order valence-electron chi connectivity index (χ0n) is 9.18. The Labute approximate surface area is 90.9 Å². The van der Waals surface area contributed by atoms with Crippen molar-refractivity contribution in [3.63, 3.8) is 0 Å². The maximum Gasteiger partial charge on any atom is 0.157 e. The summed E-state index contributed by atoms with van der Waals surface area (Å²) in [6, 6.07) is 0. The van der Waals surface area contributed by atoms with Gasteiger partial charge in [-0.05, 0) is 32.1 Å². The van der Waals surface area contributed by atoms with E-state index in [1.165, 1.54) is 36.6 Å². The van der Waals surface area contributed by atoms with Crippen LogP contribution in [-0.4, -0.2) is 23.0 Å². The number of nitrogens with zero attached hydrogens (tertiary/aromatic N) is 1. The Bertz CT molecular complexity index is 235. The van der Waals surface area contributed by atoms with Crippen molar-refractivity contribution in [3.8, 4) is 0 Å². The lowest BCUT2D eigenvalue weighted by Gasteiger charge is -2.24. The first-order chi connectivity index (χ1) is 6.72. The van der Waals surface area contributed by atoms with E-state index in [1.807, 2.05) is 11.8 Å². The van der Waals surface area contributed by atoms with Gasteiger partial charge in [-0.2, -0.15) is 0 Å². The summed E-state index contributed by atoms with van der Waals surface area (Å²) in [6.45, 7) is 5.57. The van der Waals surface area contributed by atoms with Crippen molar-refractivity contribution in [1.29, 1.82) is 0 Å². The lowest BCUT2D eigenvalue weighted by molar-refractivity contribution is 0.326. The predicted molar refractivity (Wildman–Crippen MR) is 63.9 cm³/mol. The smallest absolute Gasteiger partial charge is 0.157 e. The van der Waals surface area contributed by atoms with Gasteiger partial charge < -0.3 is 5.32 Å². The molecule has 2 fully saturated rings. The number of hydrogen-bond acceptors (Lipinski definition) is 2. The Hall–Kier alpha value is -0.180. The number of aliphatic imine (C=N–C) groups is 1. The molecule has 0 aromatic rings. The number of nitrogens with one attached hydrogen (secondary N) is 1. The van der Waals surface area contributed by atoms with Crippen molar-refractivity contribution in [2.24, 2.45) is 10.9 Å². The fourth-order valence-corrected chi connectivity index (χ4v) is 2.94. The van der Waals surface area contributed by atoms with Crippen LogP contribution in [0, 0.1) is 5.92 Å². The van der Waals surface area contributed by atoms with Gasteiger partial charge in [0.1, 0.15) is 0 Å². The lowest BCUT2D eigenvalue weighted by atomic mass is 9.86. The third kappa shape index (κ3) is 2.25. The van der Waals surface area contributed by atoms with Crippen molar-refractivity contribution >= 4 is 16.9 Å². The first kappa shape index (κ1) is 10.3. The van der Waals surface area contributed by atoms with Crippen molar-refractivity contribution < 1.29 is 0 Å². The molecule has 0 aromatic carbocycles. The zero-order chi connectivity index (χ0) is 10.0. The van der Waals surface area contributed by atoms with E-state index in [1.54, 1.807) is 0 Å². The summed E-state index contributed by atoms with van der Waals surface area (Å²) in [4.78, 5) is 4.66. The van der Waals surface area contributed by atoms with Crippen LogP contribution in [0.4, 0.5) is 0 Å². The van der Waals surface area contributed by atoms with Crippen LogP contribution in [0.25, 0.3) is 0 Å². The minimum absolute atomic E-state index is 0.295. The standard InChI is InChI=1S/C11H20N2S/c1-3-11(2)8-14-10(13-11)12-7-9-5-4-6-9/h9H,3-8H2,1-2H3,(H,12,13). The van der Waals surface area contributed by atoms with Crippen LogP contribution in [-0.2, 0) is 0 Å². The molecule has 1 saturated carbocycles. The molecule has 80 valence electrons. The van der Waals surface area contributed by atoms with Crippen molar-refractivity contribution in [1.82, 2.24) is 5.32 Å². The second-order valence-electron chi connectivity index (χ2n) is 4.77. The van der Waals surface area contributed by atoms with Crippen LogP contribution in [0.3, 0.4) is 0 Å². The first-order valence-corrected chi connectivity index (χ1v) is 6.66. The Morgan fingerprint density at radius 3 is 2.86 bits per heavy atom. The maximum absolute atomic E-state index is 4.66. The third-order valence-corrected chi connectivity index (χ3v) is 4.72. The third-order valence-electron chi connectivity index (χ3n) is 3.43. The van der Waals surface area contributed by atoms with Crippen LogP contribution in [0.5, 0.6) is 0 Å². The van der Waals surface area contributed by atoms with Crippen LogP contribution >= 0.6 is 11.8 Å². The van der Waals surface area contributed by atoms with Gasteiger partial charge in [-0.3, -0.25) is 4.99 Å². The van der Waals surface area contributed by atoms with E-state index in [2.05, 4.69) is 24.2 Å². The maximum atomic E-state index is 4.66. The molecule has 0 spiro atoms. The molecule has 1 saturated heterocycles. The normalized spacial score (nSPS) is 35.7. The number of rotatable bonds is 3. The molecule has 1 atom stereocenters. The van der Waals surface area contributed by atoms with Crippen molar-refractivity contribution in [2.45, 2.75) is 45.1 Å². The number of hydrogen-bond donors (Lipinski definition) is 1. The molecular formula is C11H20N2S. The summed E-state index contributed by atoms with van der Waals surface area (Å²) < 4.78 is 0. The van der Waals surface area contributed by atoms with Crippen LogP contribution < -0.4 is 5.32 Å². The molecular weight excluding hydrogens is 192 g/mol. The van der Waals surface area contributed by atoms with E-state index in [0.29, 0.717) is 5.54 Å². The van der Waals surface area contributed by atoms with Gasteiger partial charge in [-0.15, -0.1) is 0 Å². The van der Waals surface area contributed by atoms with Gasteiger partial charge in [-0.1, -0.05) is 25.1 Å². The molecule has 1 heterocycles. The minimum Gasteiger partial charge on any atom is -0.359 e. The van der Waals surface area contributed by atoms with E-state index in [0.717, 1.165) is 12.5 Å². The van der Waals surface area contributed by atoms with E-state index in [4.69, 9.17) is 0 Å². The topological polar surface area (TPSA) is 24.4 Å². The molecule has 1 aliphatic carbocycles. The summed E-state index contributed by atoms with van der Waals surface area (Å²) in [7, 11) is 0. The quantitative estimate of drug-likeness (QED) is 0.778. The van der Waals surface area contributed by atoms with Crippen LogP contribution in [0.15, 0.2) is 4.99 Å². The van der Waals surface area contributed by atoms with Crippen LogP contribution in [0.2, 0.25) is 0 Å². The predicted octanol–water partition coefficient (Wildman–Crippen LogP) is 2.65. The Morgan fingerprint density at radius 1 is 1.57 bits per heavy atom. The van der Waals surface area contributed by atoms with Crippen molar-refractivity contribution in [3.05, 3.63) is 0 Å². The SMILES string of the molecule is CCC1(C)CSC(=NCC2CCC2)N1. The van der Waals surface area contributed by atoms with E-state index in [9.17, 15) is 0 Å². The fraction of sp³-hybridized carbons (Fsp3) is 0.909. The molecule has 14 heavy (non-hydrogen) atoms. The fourth-order valence-electron chi connectivity index (χ4n) is 1.72. The first-order valence-electron chi connectivity index (χ1n) is 5.67. The number of thioether (sulfide) groups is 1. The van der Waals surface area contributed by atoms with E-state index >= 15 is 0 Å². The second-order valence-corrected chi connectivity index (χ2v) is 5.73. The van der Waals surface area contributed by atoms with Gasteiger partial charge in [0, 0.05) is 17.8 Å².